The highest BCUT2D eigenvalue weighted by Gasteiger charge is 2.10. The quantitative estimate of drug-likeness (QED) is 0.671. The number of nitrogens with zero attached hydrogens (tertiary/aromatic N) is 5. The van der Waals surface area contributed by atoms with Crippen molar-refractivity contribution in [2.75, 3.05) is 5.73 Å². The lowest BCUT2D eigenvalue weighted by atomic mass is 10.2. The van der Waals surface area contributed by atoms with Gasteiger partial charge in [-0.15, -0.1) is 5.10 Å². The van der Waals surface area contributed by atoms with Crippen LogP contribution < -0.4 is 5.73 Å². The molecule has 0 unspecified atom stereocenters. The molecule has 0 aliphatic rings. The van der Waals surface area contributed by atoms with Gasteiger partial charge >= 0.3 is 0 Å². The number of fused-ring (bicyclic) bond motifs is 1. The number of hydrogen-bond donors (Lipinski definition) is 1. The van der Waals surface area contributed by atoms with Crippen LogP contribution in [-0.4, -0.2) is 25.0 Å². The minimum atomic E-state index is 0.342. The number of aryl methyl sites for hydroxylation is 1. The van der Waals surface area contributed by atoms with Gasteiger partial charge in [-0.05, 0) is 24.6 Å². The highest BCUT2D eigenvalue weighted by molar-refractivity contribution is 5.81. The minimum Gasteiger partial charge on any atom is -0.382 e. The third kappa shape index (κ3) is 1.50. The third-order valence-corrected chi connectivity index (χ3v) is 2.51. The number of benzene rings is 1. The summed E-state index contributed by atoms with van der Waals surface area (Å²) in [4.78, 5) is 8.04. The van der Waals surface area contributed by atoms with E-state index in [1.807, 2.05) is 31.2 Å². The lowest BCUT2D eigenvalue weighted by Gasteiger charge is -2.02. The average Bonchev–Trinajstić information content (AvgIpc) is 2.74. The van der Waals surface area contributed by atoms with Crippen molar-refractivity contribution in [2.24, 2.45) is 0 Å². The molecule has 84 valence electrons. The van der Waals surface area contributed by atoms with Crippen molar-refractivity contribution in [1.82, 2.24) is 25.0 Å². The van der Waals surface area contributed by atoms with E-state index in [1.54, 1.807) is 4.68 Å². The molecule has 0 aliphatic carbocycles. The summed E-state index contributed by atoms with van der Waals surface area (Å²) in [5, 5.41) is 8.04. The maximum atomic E-state index is 5.71. The molecule has 0 saturated carbocycles. The summed E-state index contributed by atoms with van der Waals surface area (Å²) >= 11 is 0. The predicted octanol–water partition coefficient (Wildman–Crippen LogP) is 1.10. The van der Waals surface area contributed by atoms with E-state index in [9.17, 15) is 0 Å². The molecule has 0 amide bonds. The molecule has 6 nitrogen and oxygen atoms in total. The second-order valence-electron chi connectivity index (χ2n) is 3.77. The van der Waals surface area contributed by atoms with E-state index >= 15 is 0 Å². The molecule has 0 radical (unpaired) electrons. The Morgan fingerprint density at radius 1 is 1.24 bits per heavy atom. The SMILES string of the molecule is Cc1cccc(-n2nnc3c(N)ncnc32)c1. The zero-order valence-electron chi connectivity index (χ0n) is 9.20. The van der Waals surface area contributed by atoms with Crippen LogP contribution in [0.3, 0.4) is 0 Å². The van der Waals surface area contributed by atoms with Crippen LogP contribution in [0.4, 0.5) is 5.82 Å². The van der Waals surface area contributed by atoms with Gasteiger partial charge < -0.3 is 5.73 Å². The summed E-state index contributed by atoms with van der Waals surface area (Å²) in [5.41, 5.74) is 8.90. The van der Waals surface area contributed by atoms with E-state index in [0.717, 1.165) is 11.3 Å². The first-order valence-electron chi connectivity index (χ1n) is 5.14. The van der Waals surface area contributed by atoms with Crippen LogP contribution in [0, 0.1) is 6.92 Å². The summed E-state index contributed by atoms with van der Waals surface area (Å²) in [7, 11) is 0. The van der Waals surface area contributed by atoms with Gasteiger partial charge in [-0.25, -0.2) is 9.97 Å². The van der Waals surface area contributed by atoms with Gasteiger partial charge in [-0.3, -0.25) is 0 Å². The Bertz CT molecular complexity index is 687. The van der Waals surface area contributed by atoms with E-state index in [2.05, 4.69) is 20.3 Å². The van der Waals surface area contributed by atoms with Crippen molar-refractivity contribution in [1.29, 1.82) is 0 Å². The number of aromatic nitrogens is 5. The highest BCUT2D eigenvalue weighted by Crippen LogP contribution is 2.17. The zero-order chi connectivity index (χ0) is 11.8. The van der Waals surface area contributed by atoms with Crippen molar-refractivity contribution in [3.63, 3.8) is 0 Å². The summed E-state index contributed by atoms with van der Waals surface area (Å²) < 4.78 is 1.65. The average molecular weight is 226 g/mol. The van der Waals surface area contributed by atoms with Crippen LogP contribution >= 0.6 is 0 Å². The zero-order valence-corrected chi connectivity index (χ0v) is 9.20. The van der Waals surface area contributed by atoms with Crippen molar-refractivity contribution < 1.29 is 0 Å². The maximum absolute atomic E-state index is 5.71. The summed E-state index contributed by atoms with van der Waals surface area (Å²) in [6, 6.07) is 7.93. The monoisotopic (exact) mass is 226 g/mol. The normalized spacial score (nSPS) is 10.9. The van der Waals surface area contributed by atoms with E-state index in [1.165, 1.54) is 6.33 Å². The molecule has 6 heteroatoms. The van der Waals surface area contributed by atoms with E-state index in [0.29, 0.717) is 17.0 Å². The molecule has 0 saturated heterocycles. The van der Waals surface area contributed by atoms with Gasteiger partial charge in [0.1, 0.15) is 6.33 Å². The van der Waals surface area contributed by atoms with E-state index in [-0.39, 0.29) is 0 Å². The molecular formula is C11H10N6. The Morgan fingerprint density at radius 3 is 2.94 bits per heavy atom. The Balaban J connectivity index is 2.28. The predicted molar refractivity (Wildman–Crippen MR) is 63.6 cm³/mol. The van der Waals surface area contributed by atoms with Crippen molar-refractivity contribution in [3.8, 4) is 5.69 Å². The second-order valence-corrected chi connectivity index (χ2v) is 3.77. The van der Waals surface area contributed by atoms with Gasteiger partial charge in [0.05, 0.1) is 5.69 Å². The summed E-state index contributed by atoms with van der Waals surface area (Å²) in [5.74, 6) is 0.342. The Morgan fingerprint density at radius 2 is 2.12 bits per heavy atom. The fraction of sp³-hybridized carbons (Fsp3) is 0.0909. The van der Waals surface area contributed by atoms with Crippen LogP contribution in [0.25, 0.3) is 16.9 Å². The second kappa shape index (κ2) is 3.51. The molecule has 0 bridgehead atoms. The minimum absolute atomic E-state index is 0.342. The van der Waals surface area contributed by atoms with Gasteiger partial charge in [0.25, 0.3) is 0 Å². The first-order valence-corrected chi connectivity index (χ1v) is 5.14. The first-order chi connectivity index (χ1) is 8.25. The fourth-order valence-electron chi connectivity index (χ4n) is 1.70. The van der Waals surface area contributed by atoms with Crippen LogP contribution in [-0.2, 0) is 0 Å². The molecule has 0 atom stereocenters. The Hall–Kier alpha value is -2.50. The van der Waals surface area contributed by atoms with Gasteiger partial charge in [0.2, 0.25) is 0 Å². The lowest BCUT2D eigenvalue weighted by molar-refractivity contribution is 0.816. The highest BCUT2D eigenvalue weighted by atomic mass is 15.4. The van der Waals surface area contributed by atoms with Gasteiger partial charge in [0, 0.05) is 0 Å². The standard InChI is InChI=1S/C11H10N6/c1-7-3-2-4-8(5-7)17-11-9(15-16-17)10(12)13-6-14-11/h2-6H,1H3,(H2,12,13,14). The number of nitrogen functional groups attached to an aromatic ring is 1. The molecule has 0 spiro atoms. The number of anilines is 1. The van der Waals surface area contributed by atoms with E-state index < -0.39 is 0 Å². The molecular weight excluding hydrogens is 216 g/mol. The lowest BCUT2D eigenvalue weighted by Crippen LogP contribution is -1.99. The Labute approximate surface area is 97.1 Å². The largest absolute Gasteiger partial charge is 0.382 e. The van der Waals surface area contributed by atoms with Crippen molar-refractivity contribution in [2.45, 2.75) is 6.92 Å². The fourth-order valence-corrected chi connectivity index (χ4v) is 1.70. The van der Waals surface area contributed by atoms with Crippen LogP contribution in [0.1, 0.15) is 5.56 Å². The molecule has 3 aromatic rings. The molecule has 3 rings (SSSR count). The molecule has 2 N–H and O–H groups in total. The summed E-state index contributed by atoms with van der Waals surface area (Å²) in [6.45, 7) is 2.02. The van der Waals surface area contributed by atoms with Gasteiger partial charge in [-0.1, -0.05) is 17.3 Å². The third-order valence-electron chi connectivity index (χ3n) is 2.51. The van der Waals surface area contributed by atoms with E-state index in [4.69, 9.17) is 5.73 Å². The number of rotatable bonds is 1. The van der Waals surface area contributed by atoms with Gasteiger partial charge in [-0.2, -0.15) is 4.68 Å². The molecule has 2 aromatic heterocycles. The maximum Gasteiger partial charge on any atom is 0.188 e. The van der Waals surface area contributed by atoms with Crippen LogP contribution in [0.5, 0.6) is 0 Å². The van der Waals surface area contributed by atoms with Crippen LogP contribution in [0.15, 0.2) is 30.6 Å². The molecule has 0 aliphatic heterocycles. The topological polar surface area (TPSA) is 82.5 Å². The Kier molecular flexibility index (Phi) is 2.01. The van der Waals surface area contributed by atoms with Crippen molar-refractivity contribution >= 4 is 17.0 Å². The molecule has 1 aromatic carbocycles. The number of nitrogens with two attached hydrogens (primary N) is 1. The van der Waals surface area contributed by atoms with Crippen molar-refractivity contribution in [3.05, 3.63) is 36.2 Å². The summed E-state index contributed by atoms with van der Waals surface area (Å²) in [6.07, 6.45) is 1.41. The molecule has 2 heterocycles. The number of hydrogen-bond acceptors (Lipinski definition) is 5. The van der Waals surface area contributed by atoms with Crippen LogP contribution in [0.2, 0.25) is 0 Å². The first kappa shape index (κ1) is 9.71. The van der Waals surface area contributed by atoms with Gasteiger partial charge in [0.15, 0.2) is 17.0 Å². The smallest absolute Gasteiger partial charge is 0.188 e. The molecule has 17 heavy (non-hydrogen) atoms. The molecule has 0 fully saturated rings.